The number of benzene rings is 1. The third-order valence-corrected chi connectivity index (χ3v) is 2.80. The van der Waals surface area contributed by atoms with Crippen molar-refractivity contribution < 1.29 is 4.74 Å². The summed E-state index contributed by atoms with van der Waals surface area (Å²) in [6, 6.07) is 8.49. The summed E-state index contributed by atoms with van der Waals surface area (Å²) in [6.45, 7) is 10.8. The molecule has 18 heavy (non-hydrogen) atoms. The van der Waals surface area contributed by atoms with Gasteiger partial charge in [0.25, 0.3) is 0 Å². The van der Waals surface area contributed by atoms with Gasteiger partial charge in [0.15, 0.2) is 0 Å². The lowest BCUT2D eigenvalue weighted by Gasteiger charge is -2.13. The Hall–Kier alpha value is -1.02. The Labute approximate surface area is 112 Å². The zero-order chi connectivity index (χ0) is 13.4. The van der Waals surface area contributed by atoms with Crippen molar-refractivity contribution in [3.8, 4) is 5.75 Å². The fraction of sp³-hybridized carbons (Fsp3) is 0.625. The Morgan fingerprint density at radius 2 is 1.78 bits per heavy atom. The molecule has 0 spiro atoms. The van der Waals surface area contributed by atoms with Crippen LogP contribution < -0.4 is 10.1 Å². The Bertz CT molecular complexity index is 318. The molecule has 1 rings (SSSR count). The zero-order valence-corrected chi connectivity index (χ0v) is 12.2. The zero-order valence-electron chi connectivity index (χ0n) is 12.2. The van der Waals surface area contributed by atoms with Crippen molar-refractivity contribution >= 4 is 0 Å². The van der Waals surface area contributed by atoms with Gasteiger partial charge in [-0.05, 0) is 63.4 Å². The maximum Gasteiger partial charge on any atom is 0.119 e. The van der Waals surface area contributed by atoms with Crippen LogP contribution in [0.15, 0.2) is 24.3 Å². The molecule has 1 aromatic carbocycles. The largest absolute Gasteiger partial charge is 0.491 e. The van der Waals surface area contributed by atoms with Crippen LogP contribution in [0.25, 0.3) is 0 Å². The first-order chi connectivity index (χ1) is 8.61. The van der Waals surface area contributed by atoms with E-state index >= 15 is 0 Å². The van der Waals surface area contributed by atoms with Crippen molar-refractivity contribution in [1.29, 1.82) is 0 Å². The monoisotopic (exact) mass is 249 g/mol. The summed E-state index contributed by atoms with van der Waals surface area (Å²) in [5, 5.41) is 3.47. The normalized spacial score (nSPS) is 12.7. The van der Waals surface area contributed by atoms with Crippen LogP contribution in [0.3, 0.4) is 0 Å². The number of ether oxygens (including phenoxy) is 1. The van der Waals surface area contributed by atoms with Gasteiger partial charge in [0.1, 0.15) is 5.75 Å². The smallest absolute Gasteiger partial charge is 0.119 e. The van der Waals surface area contributed by atoms with Crippen molar-refractivity contribution in [3.05, 3.63) is 29.8 Å². The highest BCUT2D eigenvalue weighted by Gasteiger charge is 2.04. The number of nitrogens with one attached hydrogen (secondary N) is 1. The van der Waals surface area contributed by atoms with Crippen LogP contribution >= 0.6 is 0 Å². The van der Waals surface area contributed by atoms with E-state index in [1.807, 2.05) is 0 Å². The summed E-state index contributed by atoms with van der Waals surface area (Å²) < 4.78 is 5.64. The number of hydrogen-bond donors (Lipinski definition) is 1. The van der Waals surface area contributed by atoms with Crippen molar-refractivity contribution in [2.45, 2.75) is 46.6 Å². The Morgan fingerprint density at radius 3 is 2.33 bits per heavy atom. The summed E-state index contributed by atoms with van der Waals surface area (Å²) >= 11 is 0. The third-order valence-electron chi connectivity index (χ3n) is 2.80. The van der Waals surface area contributed by atoms with Crippen molar-refractivity contribution in [3.63, 3.8) is 0 Å². The van der Waals surface area contributed by atoms with Crippen LogP contribution in [0.2, 0.25) is 0 Å². The van der Waals surface area contributed by atoms with Gasteiger partial charge in [0.2, 0.25) is 0 Å². The first-order valence-corrected chi connectivity index (χ1v) is 7.08. The average Bonchev–Trinajstić information content (AvgIpc) is 2.31. The molecular formula is C16H27NO. The highest BCUT2D eigenvalue weighted by molar-refractivity contribution is 5.27. The summed E-state index contributed by atoms with van der Waals surface area (Å²) in [7, 11) is 0. The molecule has 0 amide bonds. The van der Waals surface area contributed by atoms with Crippen LogP contribution in [0, 0.1) is 5.92 Å². The maximum atomic E-state index is 5.64. The van der Waals surface area contributed by atoms with Crippen LogP contribution in [0.5, 0.6) is 5.75 Å². The van der Waals surface area contributed by atoms with E-state index in [1.54, 1.807) is 0 Å². The highest BCUT2D eigenvalue weighted by atomic mass is 16.5. The molecule has 0 aromatic heterocycles. The molecule has 1 aromatic rings. The van der Waals surface area contributed by atoms with Crippen molar-refractivity contribution in [2.75, 3.05) is 13.1 Å². The van der Waals surface area contributed by atoms with E-state index in [-0.39, 0.29) is 6.10 Å². The van der Waals surface area contributed by atoms with E-state index in [1.165, 1.54) is 12.0 Å². The lowest BCUT2D eigenvalue weighted by molar-refractivity contribution is 0.242. The number of hydrogen-bond acceptors (Lipinski definition) is 2. The molecule has 1 atom stereocenters. The van der Waals surface area contributed by atoms with Crippen LogP contribution in [-0.2, 0) is 6.42 Å². The molecule has 102 valence electrons. The summed E-state index contributed by atoms with van der Waals surface area (Å²) in [6.07, 6.45) is 2.57. The highest BCUT2D eigenvalue weighted by Crippen LogP contribution is 2.16. The third kappa shape index (κ3) is 6.06. The van der Waals surface area contributed by atoms with Gasteiger partial charge in [-0.3, -0.25) is 0 Å². The topological polar surface area (TPSA) is 21.3 Å². The molecule has 0 saturated heterocycles. The first kappa shape index (κ1) is 15.0. The first-order valence-electron chi connectivity index (χ1n) is 7.08. The molecular weight excluding hydrogens is 222 g/mol. The Balaban J connectivity index is 2.38. The molecule has 1 N–H and O–H groups in total. The van der Waals surface area contributed by atoms with Gasteiger partial charge < -0.3 is 10.1 Å². The summed E-state index contributed by atoms with van der Waals surface area (Å²) in [4.78, 5) is 0. The standard InChI is InChI=1S/C16H27NO/c1-5-10-17-12-14(4)11-15-6-8-16(9-7-15)18-13(2)3/h6-9,13-14,17H,5,10-12H2,1-4H3. The average molecular weight is 249 g/mol. The fourth-order valence-corrected chi connectivity index (χ4v) is 1.98. The summed E-state index contributed by atoms with van der Waals surface area (Å²) in [5.74, 6) is 1.64. The minimum absolute atomic E-state index is 0.244. The van der Waals surface area contributed by atoms with E-state index in [9.17, 15) is 0 Å². The van der Waals surface area contributed by atoms with Crippen LogP contribution in [-0.4, -0.2) is 19.2 Å². The molecule has 2 nitrogen and oxygen atoms in total. The maximum absolute atomic E-state index is 5.64. The SMILES string of the molecule is CCCNCC(C)Cc1ccc(OC(C)C)cc1. The molecule has 0 bridgehead atoms. The molecule has 1 unspecified atom stereocenters. The van der Waals surface area contributed by atoms with Gasteiger partial charge in [-0.2, -0.15) is 0 Å². The van der Waals surface area contributed by atoms with Crippen LogP contribution in [0.4, 0.5) is 0 Å². The molecule has 0 saturated carbocycles. The van der Waals surface area contributed by atoms with E-state index in [0.29, 0.717) is 5.92 Å². The molecule has 0 heterocycles. The van der Waals surface area contributed by atoms with E-state index < -0.39 is 0 Å². The quantitative estimate of drug-likeness (QED) is 0.710. The van der Waals surface area contributed by atoms with E-state index in [4.69, 9.17) is 4.74 Å². The molecule has 0 radical (unpaired) electrons. The van der Waals surface area contributed by atoms with Crippen molar-refractivity contribution in [1.82, 2.24) is 5.32 Å². The lowest BCUT2D eigenvalue weighted by Crippen LogP contribution is -2.23. The fourth-order valence-electron chi connectivity index (χ4n) is 1.98. The van der Waals surface area contributed by atoms with Crippen molar-refractivity contribution in [2.24, 2.45) is 5.92 Å². The van der Waals surface area contributed by atoms with Gasteiger partial charge in [-0.1, -0.05) is 26.0 Å². The molecule has 0 aliphatic carbocycles. The number of rotatable bonds is 8. The second kappa shape index (κ2) is 8.15. The minimum atomic E-state index is 0.244. The molecule has 0 aliphatic rings. The van der Waals surface area contributed by atoms with E-state index in [0.717, 1.165) is 25.3 Å². The van der Waals surface area contributed by atoms with Gasteiger partial charge in [0.05, 0.1) is 6.10 Å². The molecule has 2 heteroatoms. The van der Waals surface area contributed by atoms with E-state index in [2.05, 4.69) is 57.3 Å². The predicted molar refractivity (Wildman–Crippen MR) is 78.2 cm³/mol. The van der Waals surface area contributed by atoms with Gasteiger partial charge in [0, 0.05) is 0 Å². The van der Waals surface area contributed by atoms with Crippen LogP contribution in [0.1, 0.15) is 39.7 Å². The second-order valence-corrected chi connectivity index (χ2v) is 5.32. The minimum Gasteiger partial charge on any atom is -0.491 e. The lowest BCUT2D eigenvalue weighted by atomic mass is 10.0. The van der Waals surface area contributed by atoms with Gasteiger partial charge in [-0.15, -0.1) is 0 Å². The van der Waals surface area contributed by atoms with Gasteiger partial charge in [-0.25, -0.2) is 0 Å². The summed E-state index contributed by atoms with van der Waals surface area (Å²) in [5.41, 5.74) is 1.39. The van der Waals surface area contributed by atoms with Gasteiger partial charge >= 0.3 is 0 Å². The Morgan fingerprint density at radius 1 is 1.11 bits per heavy atom. The second-order valence-electron chi connectivity index (χ2n) is 5.32. The molecule has 0 aliphatic heterocycles. The molecule has 0 fully saturated rings. The predicted octanol–water partition coefficient (Wildman–Crippen LogP) is 3.65. The Kier molecular flexibility index (Phi) is 6.81.